The molecule has 224 valence electrons. The normalized spacial score (nSPS) is 21.0. The number of amides is 2. The molecule has 3 aromatic rings. The maximum Gasteiger partial charge on any atom is 0.306 e. The van der Waals surface area contributed by atoms with Gasteiger partial charge >= 0.3 is 5.97 Å². The van der Waals surface area contributed by atoms with Crippen LogP contribution in [0.25, 0.3) is 16.9 Å². The number of carboxylic acid groups (broad SMARTS) is 1. The summed E-state index contributed by atoms with van der Waals surface area (Å²) in [6.45, 7) is 11.2. The van der Waals surface area contributed by atoms with Crippen molar-refractivity contribution in [2.45, 2.75) is 71.3 Å². The second-order valence-corrected chi connectivity index (χ2v) is 13.5. The number of aromatic nitrogens is 3. The molecule has 0 bridgehead atoms. The van der Waals surface area contributed by atoms with Gasteiger partial charge in [0, 0.05) is 36.7 Å². The fourth-order valence-corrected chi connectivity index (χ4v) is 6.31. The number of nitrogens with zero attached hydrogens (tertiary/aromatic N) is 5. The first-order chi connectivity index (χ1) is 19.7. The largest absolute Gasteiger partial charge is 0.481 e. The van der Waals surface area contributed by atoms with Crippen LogP contribution in [-0.4, -0.2) is 72.5 Å². The van der Waals surface area contributed by atoms with Gasteiger partial charge in [-0.15, -0.1) is 0 Å². The van der Waals surface area contributed by atoms with Crippen molar-refractivity contribution < 1.29 is 23.9 Å². The fraction of sp³-hybridized carbons (Fsp3) is 0.516. The van der Waals surface area contributed by atoms with Crippen molar-refractivity contribution in [1.29, 1.82) is 0 Å². The summed E-state index contributed by atoms with van der Waals surface area (Å²) in [5.41, 5.74) is 1.94. The molecule has 2 fully saturated rings. The van der Waals surface area contributed by atoms with Crippen molar-refractivity contribution in [2.24, 2.45) is 11.8 Å². The van der Waals surface area contributed by atoms with E-state index in [1.54, 1.807) is 21.7 Å². The molecule has 1 aliphatic heterocycles. The first kappa shape index (κ1) is 29.9. The molecule has 5 rings (SSSR count). The minimum absolute atomic E-state index is 0.000927. The first-order valence-corrected chi connectivity index (χ1v) is 14.7. The van der Waals surface area contributed by atoms with Crippen LogP contribution in [0.15, 0.2) is 30.5 Å². The molecule has 2 amide bonds. The van der Waals surface area contributed by atoms with Gasteiger partial charge < -0.3 is 14.9 Å². The van der Waals surface area contributed by atoms with E-state index in [0.29, 0.717) is 62.2 Å². The van der Waals surface area contributed by atoms with Crippen molar-refractivity contribution in [3.05, 3.63) is 52.6 Å². The van der Waals surface area contributed by atoms with Crippen molar-refractivity contribution in [3.8, 4) is 11.3 Å². The van der Waals surface area contributed by atoms with E-state index in [2.05, 4.69) is 0 Å². The third-order valence-electron chi connectivity index (χ3n) is 8.55. The van der Waals surface area contributed by atoms with Gasteiger partial charge in [-0.25, -0.2) is 13.9 Å². The molecule has 1 aliphatic carbocycles. The van der Waals surface area contributed by atoms with Crippen molar-refractivity contribution in [1.82, 2.24) is 24.4 Å². The van der Waals surface area contributed by atoms with Crippen molar-refractivity contribution in [3.63, 3.8) is 0 Å². The average molecular weight is 598 g/mol. The zero-order chi connectivity index (χ0) is 30.6. The number of imidazole rings is 1. The van der Waals surface area contributed by atoms with Crippen LogP contribution in [0.2, 0.25) is 5.02 Å². The smallest absolute Gasteiger partial charge is 0.306 e. The zero-order valence-corrected chi connectivity index (χ0v) is 25.4. The molecule has 0 atom stereocenters. The van der Waals surface area contributed by atoms with Gasteiger partial charge in [0.05, 0.1) is 28.4 Å². The lowest BCUT2D eigenvalue weighted by atomic mass is 9.81. The standard InChI is InChI=1S/C31H37ClFN5O4/c1-30(2,3)21-15-24(20-10-11-23(33)22(32)14-20)35-38-16-25(34-26(21)38)28(40)37-13-12-36(17-31(37,4)5)27(39)18-6-8-19(9-7-18)29(41)42/h10-11,14-16,18-19H,6-9,12-13,17H2,1-5H3,(H,41,42)/t18-,19+. The molecule has 0 radical (unpaired) electrons. The number of aliphatic carboxylic acids is 1. The van der Waals surface area contributed by atoms with E-state index in [0.717, 1.165) is 5.56 Å². The average Bonchev–Trinajstić information content (AvgIpc) is 3.36. The molecule has 0 spiro atoms. The highest BCUT2D eigenvalue weighted by molar-refractivity contribution is 6.31. The van der Waals surface area contributed by atoms with E-state index in [4.69, 9.17) is 21.7 Å². The van der Waals surface area contributed by atoms with E-state index in [9.17, 15) is 23.9 Å². The van der Waals surface area contributed by atoms with Crippen LogP contribution < -0.4 is 0 Å². The lowest BCUT2D eigenvalue weighted by Crippen LogP contribution is -2.62. The van der Waals surface area contributed by atoms with E-state index in [1.807, 2.05) is 45.6 Å². The Balaban J connectivity index is 1.38. The summed E-state index contributed by atoms with van der Waals surface area (Å²) in [6.07, 6.45) is 3.80. The van der Waals surface area contributed by atoms with Crippen molar-refractivity contribution >= 4 is 35.0 Å². The van der Waals surface area contributed by atoms with Gasteiger partial charge in [-0.05, 0) is 69.2 Å². The molecule has 3 heterocycles. The van der Waals surface area contributed by atoms with Crippen LogP contribution in [0.4, 0.5) is 4.39 Å². The van der Waals surface area contributed by atoms with Gasteiger partial charge in [-0.2, -0.15) is 5.10 Å². The Bertz CT molecular complexity index is 1550. The fourth-order valence-electron chi connectivity index (χ4n) is 6.13. The summed E-state index contributed by atoms with van der Waals surface area (Å²) >= 11 is 6.04. The number of carbonyl (C=O) groups is 3. The van der Waals surface area contributed by atoms with E-state index >= 15 is 0 Å². The second kappa shape index (κ2) is 10.9. The Labute approximate surface area is 249 Å². The Morgan fingerprint density at radius 1 is 1.05 bits per heavy atom. The molecule has 1 saturated carbocycles. The van der Waals surface area contributed by atoms with Gasteiger partial charge in [0.15, 0.2) is 5.65 Å². The number of benzene rings is 1. The molecule has 0 unspecified atom stereocenters. The predicted molar refractivity (Wildman–Crippen MR) is 157 cm³/mol. The monoisotopic (exact) mass is 597 g/mol. The quantitative estimate of drug-likeness (QED) is 0.429. The summed E-state index contributed by atoms with van der Waals surface area (Å²) in [5.74, 6) is -2.05. The number of carboxylic acids is 1. The molecule has 2 aliphatic rings. The van der Waals surface area contributed by atoms with Crippen LogP contribution in [0.5, 0.6) is 0 Å². The van der Waals surface area contributed by atoms with E-state index in [-0.39, 0.29) is 39.8 Å². The van der Waals surface area contributed by atoms with Crippen LogP contribution in [0, 0.1) is 17.7 Å². The molecule has 42 heavy (non-hydrogen) atoms. The highest BCUT2D eigenvalue weighted by atomic mass is 35.5. The van der Waals surface area contributed by atoms with Crippen LogP contribution in [0.1, 0.15) is 76.4 Å². The lowest BCUT2D eigenvalue weighted by Gasteiger charge is -2.47. The predicted octanol–water partition coefficient (Wildman–Crippen LogP) is 5.44. The summed E-state index contributed by atoms with van der Waals surface area (Å²) < 4.78 is 15.4. The van der Waals surface area contributed by atoms with Crippen LogP contribution in [0.3, 0.4) is 0 Å². The minimum atomic E-state index is -0.790. The highest BCUT2D eigenvalue weighted by Crippen LogP contribution is 2.34. The third-order valence-corrected chi connectivity index (χ3v) is 8.84. The molecular weight excluding hydrogens is 561 g/mol. The topological polar surface area (TPSA) is 108 Å². The number of carbonyl (C=O) groups excluding carboxylic acids is 2. The van der Waals surface area contributed by atoms with Gasteiger partial charge in [0.25, 0.3) is 5.91 Å². The minimum Gasteiger partial charge on any atom is -0.481 e. The summed E-state index contributed by atoms with van der Waals surface area (Å²) in [7, 11) is 0. The summed E-state index contributed by atoms with van der Waals surface area (Å²) in [5, 5.41) is 14.0. The van der Waals surface area contributed by atoms with Crippen LogP contribution in [-0.2, 0) is 15.0 Å². The van der Waals surface area contributed by atoms with Crippen molar-refractivity contribution in [2.75, 3.05) is 19.6 Å². The molecule has 11 heteroatoms. The maximum absolute atomic E-state index is 13.9. The Morgan fingerprint density at radius 3 is 2.31 bits per heavy atom. The molecule has 1 saturated heterocycles. The number of hydrogen-bond acceptors (Lipinski definition) is 5. The summed E-state index contributed by atoms with van der Waals surface area (Å²) in [4.78, 5) is 46.8. The first-order valence-electron chi connectivity index (χ1n) is 14.4. The summed E-state index contributed by atoms with van der Waals surface area (Å²) in [6, 6.07) is 6.35. The van der Waals surface area contributed by atoms with Gasteiger partial charge in [0.1, 0.15) is 11.5 Å². The van der Waals surface area contributed by atoms with E-state index < -0.39 is 17.3 Å². The van der Waals surface area contributed by atoms with E-state index in [1.165, 1.54) is 12.1 Å². The number of rotatable bonds is 4. The third kappa shape index (κ3) is 5.73. The molecule has 9 nitrogen and oxygen atoms in total. The number of halogens is 2. The molecule has 2 aromatic heterocycles. The highest BCUT2D eigenvalue weighted by Gasteiger charge is 2.41. The number of piperazine rings is 1. The van der Waals surface area contributed by atoms with Gasteiger partial charge in [0.2, 0.25) is 5.91 Å². The SMILES string of the molecule is CC(C)(C)c1cc(-c2ccc(F)c(Cl)c2)nn2cc(C(=O)N3CCN(C(=O)[C@H]4CC[C@@H](C(=O)O)CC4)CC3(C)C)nc12. The number of hydrogen-bond donors (Lipinski definition) is 1. The Kier molecular flexibility index (Phi) is 7.81. The van der Waals surface area contributed by atoms with Crippen LogP contribution >= 0.6 is 11.6 Å². The maximum atomic E-state index is 13.9. The lowest BCUT2D eigenvalue weighted by molar-refractivity contribution is -0.147. The molecule has 1 N–H and O–H groups in total. The zero-order valence-electron chi connectivity index (χ0n) is 24.7. The Morgan fingerprint density at radius 2 is 1.71 bits per heavy atom. The van der Waals surface area contributed by atoms with Gasteiger partial charge in [-0.3, -0.25) is 14.4 Å². The number of fused-ring (bicyclic) bond motifs is 1. The second-order valence-electron chi connectivity index (χ2n) is 13.1. The van der Waals surface area contributed by atoms with Gasteiger partial charge in [-0.1, -0.05) is 32.4 Å². The molecule has 1 aromatic carbocycles. The molecular formula is C31H37ClFN5O4. The Hall–Kier alpha value is -3.53.